The van der Waals surface area contributed by atoms with Crippen molar-refractivity contribution < 1.29 is 8.42 Å². The summed E-state index contributed by atoms with van der Waals surface area (Å²) in [5.74, 6) is 0. The van der Waals surface area contributed by atoms with Gasteiger partial charge in [0.1, 0.15) is 0 Å². The zero-order valence-corrected chi connectivity index (χ0v) is 27.1. The fourth-order valence-corrected chi connectivity index (χ4v) is 9.63. The third-order valence-electron chi connectivity index (χ3n) is 10.0. The van der Waals surface area contributed by atoms with Crippen molar-refractivity contribution >= 4 is 85.4 Å². The summed E-state index contributed by atoms with van der Waals surface area (Å²) >= 11 is 0. The average Bonchev–Trinajstić information content (AvgIpc) is 3.16. The van der Waals surface area contributed by atoms with E-state index >= 15 is 0 Å². The highest BCUT2D eigenvalue weighted by Gasteiger charge is 2.27. The lowest BCUT2D eigenvalue weighted by atomic mass is 9.88. The van der Waals surface area contributed by atoms with Crippen LogP contribution in [0.3, 0.4) is 0 Å². The Labute approximate surface area is 282 Å². The summed E-state index contributed by atoms with van der Waals surface area (Å²) in [5.41, 5.74) is 2.70. The highest BCUT2D eigenvalue weighted by molar-refractivity contribution is 7.92. The maximum Gasteiger partial charge on any atom is 0.207 e. The SMILES string of the molecule is O=S(=O)(c1ccccc1)c1c2ccccc2c(-c2nc3c4ccccc4c4ccccc4c3c3c2ccc2ccccc23)c2ccccc12. The van der Waals surface area contributed by atoms with E-state index in [1.54, 1.807) is 24.3 Å². The van der Waals surface area contributed by atoms with Gasteiger partial charge in [0.15, 0.2) is 0 Å². The standard InChI is InChI=1S/C45H27NO2S/c47-49(48,29-15-2-1-3-16-29)45-37-24-12-9-21-34(37)41(35-22-10-13-25-38(35)45)44-39-27-26-28-14-4-5-17-30(28)40(39)42-33-20-8-6-18-31(33)32-19-7-11-23-36(32)43(42)46-44/h1-27H. The van der Waals surface area contributed by atoms with E-state index in [0.29, 0.717) is 15.7 Å². The molecule has 0 radical (unpaired) electrons. The van der Waals surface area contributed by atoms with Gasteiger partial charge in [-0.3, -0.25) is 0 Å². The van der Waals surface area contributed by atoms with Crippen molar-refractivity contribution in [1.29, 1.82) is 0 Å². The van der Waals surface area contributed by atoms with Crippen molar-refractivity contribution in [1.82, 2.24) is 4.98 Å². The Morgan fingerprint density at radius 3 is 1.51 bits per heavy atom. The maximum absolute atomic E-state index is 14.5. The Morgan fingerprint density at radius 1 is 0.367 bits per heavy atom. The van der Waals surface area contributed by atoms with Crippen LogP contribution >= 0.6 is 0 Å². The summed E-state index contributed by atoms with van der Waals surface area (Å²) < 4.78 is 29.0. The Kier molecular flexibility index (Phi) is 5.96. The molecule has 9 aromatic carbocycles. The maximum atomic E-state index is 14.5. The van der Waals surface area contributed by atoms with Gasteiger partial charge in [-0.15, -0.1) is 0 Å². The van der Waals surface area contributed by atoms with E-state index in [1.807, 2.05) is 54.6 Å². The first-order valence-corrected chi connectivity index (χ1v) is 17.9. The lowest BCUT2D eigenvalue weighted by Gasteiger charge is -2.20. The minimum Gasteiger partial charge on any atom is -0.246 e. The molecule has 10 aromatic rings. The van der Waals surface area contributed by atoms with Gasteiger partial charge < -0.3 is 0 Å². The normalized spacial score (nSPS) is 12.2. The van der Waals surface area contributed by atoms with E-state index in [2.05, 4.69) is 84.9 Å². The van der Waals surface area contributed by atoms with E-state index in [1.165, 1.54) is 5.39 Å². The monoisotopic (exact) mass is 645 g/mol. The third-order valence-corrected chi connectivity index (χ3v) is 11.9. The second kappa shape index (κ2) is 10.4. The van der Waals surface area contributed by atoms with Crippen molar-refractivity contribution in [2.75, 3.05) is 0 Å². The van der Waals surface area contributed by atoms with Crippen LogP contribution in [0.4, 0.5) is 0 Å². The van der Waals surface area contributed by atoms with E-state index in [-0.39, 0.29) is 4.90 Å². The number of benzene rings is 9. The Morgan fingerprint density at radius 2 is 0.857 bits per heavy atom. The van der Waals surface area contributed by atoms with Crippen molar-refractivity contribution in [3.63, 3.8) is 0 Å². The largest absolute Gasteiger partial charge is 0.246 e. The van der Waals surface area contributed by atoms with E-state index in [9.17, 15) is 8.42 Å². The predicted molar refractivity (Wildman–Crippen MR) is 204 cm³/mol. The first-order chi connectivity index (χ1) is 24.1. The second-order valence-corrected chi connectivity index (χ2v) is 14.5. The number of rotatable bonds is 3. The number of sulfone groups is 1. The number of fused-ring (bicyclic) bond motifs is 12. The molecule has 49 heavy (non-hydrogen) atoms. The lowest BCUT2D eigenvalue weighted by Crippen LogP contribution is -2.05. The summed E-state index contributed by atoms with van der Waals surface area (Å²) in [6, 6.07) is 54.6. The first kappa shape index (κ1) is 28.0. The molecule has 0 aliphatic carbocycles. The van der Waals surface area contributed by atoms with Crippen molar-refractivity contribution in [2.45, 2.75) is 9.79 Å². The Balaban J connectivity index is 1.47. The van der Waals surface area contributed by atoms with Gasteiger partial charge in [0.2, 0.25) is 9.84 Å². The first-order valence-electron chi connectivity index (χ1n) is 16.4. The smallest absolute Gasteiger partial charge is 0.207 e. The molecule has 0 spiro atoms. The van der Waals surface area contributed by atoms with Gasteiger partial charge in [0, 0.05) is 37.9 Å². The number of aromatic nitrogens is 1. The quantitative estimate of drug-likeness (QED) is 0.142. The molecule has 230 valence electrons. The van der Waals surface area contributed by atoms with Crippen LogP contribution in [0.1, 0.15) is 0 Å². The fraction of sp³-hybridized carbons (Fsp3) is 0. The van der Waals surface area contributed by atoms with Crippen LogP contribution in [0.2, 0.25) is 0 Å². The van der Waals surface area contributed by atoms with Gasteiger partial charge in [-0.25, -0.2) is 13.4 Å². The van der Waals surface area contributed by atoms with E-state index in [0.717, 1.165) is 70.6 Å². The zero-order chi connectivity index (χ0) is 32.7. The molecule has 0 aliphatic rings. The molecule has 3 nitrogen and oxygen atoms in total. The molecule has 0 N–H and O–H groups in total. The van der Waals surface area contributed by atoms with Gasteiger partial charge >= 0.3 is 0 Å². The van der Waals surface area contributed by atoms with Gasteiger partial charge in [-0.2, -0.15) is 0 Å². The number of hydrogen-bond donors (Lipinski definition) is 0. The highest BCUT2D eigenvalue weighted by atomic mass is 32.2. The fourth-order valence-electron chi connectivity index (χ4n) is 7.94. The van der Waals surface area contributed by atoms with Gasteiger partial charge in [0.25, 0.3) is 0 Å². The third kappa shape index (κ3) is 3.95. The summed E-state index contributed by atoms with van der Waals surface area (Å²) in [4.78, 5) is 6.25. The molecular formula is C45H27NO2S. The molecule has 0 atom stereocenters. The lowest BCUT2D eigenvalue weighted by molar-refractivity contribution is 0.597. The Bertz CT molecular complexity index is 3050. The van der Waals surface area contributed by atoms with E-state index < -0.39 is 9.84 Å². The number of nitrogens with zero attached hydrogens (tertiary/aromatic N) is 1. The number of hydrogen-bond acceptors (Lipinski definition) is 3. The molecule has 0 fully saturated rings. The molecule has 0 saturated heterocycles. The predicted octanol–water partition coefficient (Wildman–Crippen LogP) is 11.7. The molecule has 0 aliphatic heterocycles. The second-order valence-electron chi connectivity index (χ2n) is 12.6. The summed E-state index contributed by atoms with van der Waals surface area (Å²) in [6.45, 7) is 0. The van der Waals surface area contributed by atoms with Gasteiger partial charge in [-0.1, -0.05) is 152 Å². The topological polar surface area (TPSA) is 47.0 Å². The molecule has 1 heterocycles. The molecule has 1 aromatic heterocycles. The molecule has 0 amide bonds. The van der Waals surface area contributed by atoms with Crippen LogP contribution < -0.4 is 0 Å². The summed E-state index contributed by atoms with van der Waals surface area (Å²) in [6.07, 6.45) is 0. The minimum absolute atomic E-state index is 0.275. The van der Waals surface area contributed by atoms with Crippen LogP contribution in [0, 0.1) is 0 Å². The highest BCUT2D eigenvalue weighted by Crippen LogP contribution is 2.48. The minimum atomic E-state index is -3.87. The average molecular weight is 646 g/mol. The van der Waals surface area contributed by atoms with Crippen LogP contribution in [0.5, 0.6) is 0 Å². The van der Waals surface area contributed by atoms with Crippen LogP contribution in [-0.4, -0.2) is 13.4 Å². The molecule has 0 unspecified atom stereocenters. The molecule has 4 heteroatoms. The molecule has 0 saturated carbocycles. The van der Waals surface area contributed by atoms with Crippen LogP contribution in [-0.2, 0) is 9.84 Å². The van der Waals surface area contributed by atoms with Crippen LogP contribution in [0.25, 0.3) is 86.8 Å². The van der Waals surface area contributed by atoms with E-state index in [4.69, 9.17) is 4.98 Å². The Hall–Kier alpha value is -6.10. The summed E-state index contributed by atoms with van der Waals surface area (Å²) in [5, 5.41) is 13.3. The summed E-state index contributed by atoms with van der Waals surface area (Å²) in [7, 11) is -3.87. The van der Waals surface area contributed by atoms with Gasteiger partial charge in [0.05, 0.1) is 21.0 Å². The zero-order valence-electron chi connectivity index (χ0n) is 26.3. The van der Waals surface area contributed by atoms with Crippen molar-refractivity contribution in [2.24, 2.45) is 0 Å². The van der Waals surface area contributed by atoms with Crippen LogP contribution in [0.15, 0.2) is 174 Å². The number of pyridine rings is 1. The molecule has 10 rings (SSSR count). The molecule has 0 bridgehead atoms. The van der Waals surface area contributed by atoms with Crippen molar-refractivity contribution in [3.8, 4) is 11.3 Å². The van der Waals surface area contributed by atoms with Gasteiger partial charge in [-0.05, 0) is 49.8 Å². The molecular weight excluding hydrogens is 619 g/mol. The van der Waals surface area contributed by atoms with Crippen molar-refractivity contribution in [3.05, 3.63) is 164 Å².